The maximum absolute atomic E-state index is 12.6. The number of aliphatic hydroxyl groups excluding tert-OH is 1. The molecule has 0 bridgehead atoms. The van der Waals surface area contributed by atoms with Crippen LogP contribution in [0.2, 0.25) is 0 Å². The number of carbonyl (C=O) groups is 1. The molecule has 2 saturated heterocycles. The van der Waals surface area contributed by atoms with E-state index in [-0.39, 0.29) is 24.5 Å². The third kappa shape index (κ3) is 3.62. The summed E-state index contributed by atoms with van der Waals surface area (Å²) in [5.74, 6) is 0.212. The molecule has 5 atom stereocenters. The van der Waals surface area contributed by atoms with E-state index >= 15 is 0 Å². The highest BCUT2D eigenvalue weighted by atomic mass is 16.6. The molecule has 0 saturated carbocycles. The normalized spacial score (nSPS) is 31.3. The van der Waals surface area contributed by atoms with E-state index in [0.29, 0.717) is 13.0 Å². The first-order valence-electron chi connectivity index (χ1n) is 8.60. The molecule has 3 rings (SSSR count). The van der Waals surface area contributed by atoms with E-state index in [4.69, 9.17) is 9.47 Å². The van der Waals surface area contributed by atoms with E-state index < -0.39 is 18.4 Å². The van der Waals surface area contributed by atoms with E-state index in [1.165, 1.54) is 0 Å². The lowest BCUT2D eigenvalue weighted by Crippen LogP contribution is -2.51. The van der Waals surface area contributed by atoms with E-state index in [2.05, 4.69) is 13.2 Å². The van der Waals surface area contributed by atoms with Crippen molar-refractivity contribution < 1.29 is 19.4 Å². The minimum Gasteiger partial charge on any atom is -0.445 e. The standard InChI is InChI=1S/C20H25NO4/c1-4-15-10-16-17(13(2)3)11-21(18(16)19(22)25-15)20(23)24-12-14-8-6-5-7-9-14/h4-9,15-19,22H,1-2,10-12H2,3H3/t15-,16+,17+,18-,19?/m1/s1. The topological polar surface area (TPSA) is 59.0 Å². The second-order valence-electron chi connectivity index (χ2n) is 6.84. The molecule has 25 heavy (non-hydrogen) atoms. The van der Waals surface area contributed by atoms with Crippen LogP contribution >= 0.6 is 0 Å². The van der Waals surface area contributed by atoms with Crippen LogP contribution in [0.15, 0.2) is 55.1 Å². The van der Waals surface area contributed by atoms with Crippen molar-refractivity contribution in [3.8, 4) is 0 Å². The molecule has 2 aliphatic rings. The lowest BCUT2D eigenvalue weighted by atomic mass is 9.80. The molecule has 0 aliphatic carbocycles. The number of rotatable bonds is 4. The quantitative estimate of drug-likeness (QED) is 0.854. The van der Waals surface area contributed by atoms with Crippen molar-refractivity contribution in [3.05, 3.63) is 60.7 Å². The monoisotopic (exact) mass is 343 g/mol. The summed E-state index contributed by atoms with van der Waals surface area (Å²) in [6.45, 7) is 10.5. The van der Waals surface area contributed by atoms with Gasteiger partial charge in [-0.2, -0.15) is 0 Å². The summed E-state index contributed by atoms with van der Waals surface area (Å²) in [4.78, 5) is 14.2. The van der Waals surface area contributed by atoms with Gasteiger partial charge in [0.15, 0.2) is 6.29 Å². The zero-order valence-electron chi connectivity index (χ0n) is 14.5. The van der Waals surface area contributed by atoms with Gasteiger partial charge in [-0.15, -0.1) is 6.58 Å². The third-order valence-corrected chi connectivity index (χ3v) is 5.16. The fourth-order valence-corrected chi connectivity index (χ4v) is 3.86. The van der Waals surface area contributed by atoms with Crippen molar-refractivity contribution in [1.29, 1.82) is 0 Å². The number of ether oxygens (including phenoxy) is 2. The Hall–Kier alpha value is -2.11. The summed E-state index contributed by atoms with van der Waals surface area (Å²) < 4.78 is 11.0. The number of fused-ring (bicyclic) bond motifs is 1. The number of benzene rings is 1. The molecule has 0 radical (unpaired) electrons. The highest BCUT2D eigenvalue weighted by molar-refractivity contribution is 5.69. The Kier molecular flexibility index (Phi) is 5.25. The second kappa shape index (κ2) is 7.42. The Balaban J connectivity index is 1.73. The largest absolute Gasteiger partial charge is 0.445 e. The zero-order valence-corrected chi connectivity index (χ0v) is 14.5. The predicted molar refractivity (Wildman–Crippen MR) is 94.6 cm³/mol. The molecule has 5 heteroatoms. The average molecular weight is 343 g/mol. The van der Waals surface area contributed by atoms with Gasteiger partial charge in [-0.25, -0.2) is 4.79 Å². The molecule has 1 aromatic carbocycles. The van der Waals surface area contributed by atoms with Crippen molar-refractivity contribution in [1.82, 2.24) is 4.90 Å². The van der Waals surface area contributed by atoms with Gasteiger partial charge in [0, 0.05) is 12.5 Å². The summed E-state index contributed by atoms with van der Waals surface area (Å²) in [6.07, 6.45) is 0.729. The number of nitrogens with zero attached hydrogens (tertiary/aromatic N) is 1. The van der Waals surface area contributed by atoms with Crippen LogP contribution in [0, 0.1) is 11.8 Å². The molecular formula is C20H25NO4. The number of hydrogen-bond acceptors (Lipinski definition) is 4. The van der Waals surface area contributed by atoms with Crippen molar-refractivity contribution in [2.45, 2.75) is 38.4 Å². The van der Waals surface area contributed by atoms with Gasteiger partial charge in [-0.05, 0) is 24.8 Å². The van der Waals surface area contributed by atoms with Crippen LogP contribution < -0.4 is 0 Å². The van der Waals surface area contributed by atoms with Crippen molar-refractivity contribution in [2.24, 2.45) is 11.8 Å². The molecule has 1 amide bonds. The minimum absolute atomic E-state index is 0.0912. The number of amides is 1. The van der Waals surface area contributed by atoms with Gasteiger partial charge in [-0.3, -0.25) is 4.90 Å². The molecule has 1 unspecified atom stereocenters. The van der Waals surface area contributed by atoms with Gasteiger partial charge in [0.05, 0.1) is 12.1 Å². The first-order chi connectivity index (χ1) is 12.0. The van der Waals surface area contributed by atoms with Gasteiger partial charge in [0.2, 0.25) is 0 Å². The molecule has 2 heterocycles. The lowest BCUT2D eigenvalue weighted by Gasteiger charge is -2.38. The molecule has 0 spiro atoms. The van der Waals surface area contributed by atoms with E-state index in [1.807, 2.05) is 37.3 Å². The molecule has 5 nitrogen and oxygen atoms in total. The first-order valence-corrected chi connectivity index (χ1v) is 8.60. The minimum atomic E-state index is -1.05. The fraction of sp³-hybridized carbons (Fsp3) is 0.450. The van der Waals surface area contributed by atoms with Crippen molar-refractivity contribution in [2.75, 3.05) is 6.54 Å². The maximum Gasteiger partial charge on any atom is 0.410 e. The second-order valence-corrected chi connectivity index (χ2v) is 6.84. The SMILES string of the molecule is C=C[C@@H]1C[C@H]2[C@H](C(=C)C)CN(C(=O)OCc3ccccc3)[C@H]2C(O)O1. The average Bonchev–Trinajstić information content (AvgIpc) is 3.01. The van der Waals surface area contributed by atoms with Crippen molar-refractivity contribution >= 4 is 6.09 Å². The molecule has 2 aliphatic heterocycles. The number of hydrogen-bond donors (Lipinski definition) is 1. The Bertz CT molecular complexity index is 644. The molecule has 1 aromatic rings. The van der Waals surface area contributed by atoms with Crippen LogP contribution in [0.25, 0.3) is 0 Å². The number of likely N-dealkylation sites (tertiary alicyclic amines) is 1. The smallest absolute Gasteiger partial charge is 0.410 e. The van der Waals surface area contributed by atoms with E-state index in [1.54, 1.807) is 11.0 Å². The third-order valence-electron chi connectivity index (χ3n) is 5.16. The Morgan fingerprint density at radius 3 is 2.80 bits per heavy atom. The fourth-order valence-electron chi connectivity index (χ4n) is 3.86. The van der Waals surface area contributed by atoms with E-state index in [0.717, 1.165) is 11.1 Å². The Morgan fingerprint density at radius 1 is 1.44 bits per heavy atom. The van der Waals surface area contributed by atoms with Gasteiger partial charge in [-0.1, -0.05) is 48.6 Å². The Labute approximate surface area is 148 Å². The summed E-state index contributed by atoms with van der Waals surface area (Å²) in [7, 11) is 0. The maximum atomic E-state index is 12.6. The summed E-state index contributed by atoms with van der Waals surface area (Å²) >= 11 is 0. The van der Waals surface area contributed by atoms with Gasteiger partial charge < -0.3 is 14.6 Å². The van der Waals surface area contributed by atoms with Crippen LogP contribution in [0.1, 0.15) is 18.9 Å². The molecule has 0 aromatic heterocycles. The van der Waals surface area contributed by atoms with Crippen LogP contribution in [0.4, 0.5) is 4.79 Å². The predicted octanol–water partition coefficient (Wildman–Crippen LogP) is 3.11. The van der Waals surface area contributed by atoms with Crippen LogP contribution in [0.3, 0.4) is 0 Å². The summed E-state index contributed by atoms with van der Waals surface area (Å²) in [5, 5.41) is 10.4. The number of carbonyl (C=O) groups excluding carboxylic acids is 1. The van der Waals surface area contributed by atoms with Gasteiger partial charge in [0.1, 0.15) is 6.61 Å². The van der Waals surface area contributed by atoms with Crippen molar-refractivity contribution in [3.63, 3.8) is 0 Å². The number of aliphatic hydroxyl groups is 1. The Morgan fingerprint density at radius 2 is 2.16 bits per heavy atom. The molecule has 2 fully saturated rings. The van der Waals surface area contributed by atoms with E-state index in [9.17, 15) is 9.90 Å². The lowest BCUT2D eigenvalue weighted by molar-refractivity contribution is -0.190. The zero-order chi connectivity index (χ0) is 18.0. The summed E-state index contributed by atoms with van der Waals surface area (Å²) in [5.41, 5.74) is 1.93. The van der Waals surface area contributed by atoms with Gasteiger partial charge in [0.25, 0.3) is 0 Å². The summed E-state index contributed by atoms with van der Waals surface area (Å²) in [6, 6.07) is 9.12. The van der Waals surface area contributed by atoms with Crippen LogP contribution in [0.5, 0.6) is 0 Å². The van der Waals surface area contributed by atoms with Gasteiger partial charge >= 0.3 is 6.09 Å². The first kappa shape index (κ1) is 17.7. The van der Waals surface area contributed by atoms with Crippen LogP contribution in [-0.4, -0.2) is 41.1 Å². The van der Waals surface area contributed by atoms with Crippen LogP contribution in [-0.2, 0) is 16.1 Å². The molecular weight excluding hydrogens is 318 g/mol. The highest BCUT2D eigenvalue weighted by Crippen LogP contribution is 2.42. The molecule has 134 valence electrons. The highest BCUT2D eigenvalue weighted by Gasteiger charge is 2.51. The molecule has 1 N–H and O–H groups in total.